The number of amides is 1. The van der Waals surface area contributed by atoms with Gasteiger partial charge in [-0.1, -0.05) is 0 Å². The monoisotopic (exact) mass is 265 g/mol. The van der Waals surface area contributed by atoms with E-state index in [-0.39, 0.29) is 12.0 Å². The molecule has 6 heteroatoms. The molecule has 2 aromatic heterocycles. The minimum Gasteiger partial charge on any atom is -0.391 e. The molecule has 0 spiro atoms. The second kappa shape index (κ2) is 4.37. The standard InChI is InChI=1S/C12H15N3O2S/c1-8-5-15-9(7-18-12(15)13-8)4-11(17)14-3-2-10(16)6-14/h5,7,10,16H,2-4,6H2,1H3/t10-/m1/s1. The van der Waals surface area contributed by atoms with E-state index in [2.05, 4.69) is 4.98 Å². The maximum atomic E-state index is 12.1. The van der Waals surface area contributed by atoms with Crippen LogP contribution in [0.1, 0.15) is 17.8 Å². The molecule has 1 amide bonds. The molecule has 0 unspecified atom stereocenters. The number of aliphatic hydroxyl groups excluding tert-OH is 1. The van der Waals surface area contributed by atoms with E-state index < -0.39 is 0 Å². The third-order valence-corrected chi connectivity index (χ3v) is 4.14. The zero-order valence-corrected chi connectivity index (χ0v) is 11.0. The van der Waals surface area contributed by atoms with Gasteiger partial charge in [-0.05, 0) is 13.3 Å². The van der Waals surface area contributed by atoms with Crippen LogP contribution in [0.15, 0.2) is 11.6 Å². The fraction of sp³-hybridized carbons (Fsp3) is 0.500. The fourth-order valence-electron chi connectivity index (χ4n) is 2.30. The Balaban J connectivity index is 1.77. The van der Waals surface area contributed by atoms with Crippen molar-refractivity contribution < 1.29 is 9.90 Å². The molecule has 96 valence electrons. The maximum absolute atomic E-state index is 12.1. The van der Waals surface area contributed by atoms with Crippen molar-refractivity contribution in [2.75, 3.05) is 13.1 Å². The van der Waals surface area contributed by atoms with Crippen molar-refractivity contribution in [2.24, 2.45) is 0 Å². The first-order valence-electron chi connectivity index (χ1n) is 6.01. The molecule has 1 N–H and O–H groups in total. The normalized spacial score (nSPS) is 19.9. The number of likely N-dealkylation sites (tertiary alicyclic amines) is 1. The molecule has 1 aliphatic rings. The predicted octanol–water partition coefficient (Wildman–Crippen LogP) is 0.840. The second-order valence-electron chi connectivity index (χ2n) is 4.72. The molecule has 1 aliphatic heterocycles. The summed E-state index contributed by atoms with van der Waals surface area (Å²) in [7, 11) is 0. The van der Waals surface area contributed by atoms with Gasteiger partial charge in [0.25, 0.3) is 0 Å². The van der Waals surface area contributed by atoms with E-state index in [9.17, 15) is 9.90 Å². The summed E-state index contributed by atoms with van der Waals surface area (Å²) in [6.45, 7) is 3.08. The molecule has 1 atom stereocenters. The fourth-order valence-corrected chi connectivity index (χ4v) is 3.22. The van der Waals surface area contributed by atoms with Gasteiger partial charge in [-0.25, -0.2) is 4.98 Å². The number of fused-ring (bicyclic) bond motifs is 1. The lowest BCUT2D eigenvalue weighted by Crippen LogP contribution is -2.31. The average molecular weight is 265 g/mol. The summed E-state index contributed by atoms with van der Waals surface area (Å²) in [5.74, 6) is 0.0811. The van der Waals surface area contributed by atoms with Gasteiger partial charge >= 0.3 is 0 Å². The zero-order valence-electron chi connectivity index (χ0n) is 10.2. The number of rotatable bonds is 2. The van der Waals surface area contributed by atoms with E-state index in [1.54, 1.807) is 16.2 Å². The number of imidazole rings is 1. The van der Waals surface area contributed by atoms with Crippen molar-refractivity contribution in [1.82, 2.24) is 14.3 Å². The van der Waals surface area contributed by atoms with Gasteiger partial charge in [0.1, 0.15) is 0 Å². The number of aliphatic hydroxyl groups is 1. The van der Waals surface area contributed by atoms with Crippen molar-refractivity contribution in [2.45, 2.75) is 25.9 Å². The quantitative estimate of drug-likeness (QED) is 0.875. The van der Waals surface area contributed by atoms with E-state index in [0.29, 0.717) is 25.9 Å². The number of aromatic nitrogens is 2. The predicted molar refractivity (Wildman–Crippen MR) is 68.7 cm³/mol. The Hall–Kier alpha value is -1.40. The minimum absolute atomic E-state index is 0.0811. The van der Waals surface area contributed by atoms with Crippen LogP contribution in [0.25, 0.3) is 4.96 Å². The average Bonchev–Trinajstić information content (AvgIpc) is 2.97. The smallest absolute Gasteiger partial charge is 0.228 e. The van der Waals surface area contributed by atoms with Crippen molar-refractivity contribution in [3.63, 3.8) is 0 Å². The third-order valence-electron chi connectivity index (χ3n) is 3.25. The Kier molecular flexibility index (Phi) is 2.83. The van der Waals surface area contributed by atoms with Crippen LogP contribution < -0.4 is 0 Å². The van der Waals surface area contributed by atoms with E-state index in [4.69, 9.17) is 0 Å². The molecule has 0 aliphatic carbocycles. The summed E-state index contributed by atoms with van der Waals surface area (Å²) in [5.41, 5.74) is 1.94. The van der Waals surface area contributed by atoms with Crippen molar-refractivity contribution in [3.05, 3.63) is 23.0 Å². The summed E-state index contributed by atoms with van der Waals surface area (Å²) in [6.07, 6.45) is 2.66. The van der Waals surface area contributed by atoms with Crippen LogP contribution in [0.5, 0.6) is 0 Å². The van der Waals surface area contributed by atoms with Crippen LogP contribution in [0, 0.1) is 6.92 Å². The lowest BCUT2D eigenvalue weighted by Gasteiger charge is -2.14. The van der Waals surface area contributed by atoms with Gasteiger partial charge in [0.15, 0.2) is 4.96 Å². The van der Waals surface area contributed by atoms with Crippen LogP contribution in [-0.4, -0.2) is 44.5 Å². The molecule has 0 aromatic carbocycles. The van der Waals surface area contributed by atoms with E-state index in [0.717, 1.165) is 16.3 Å². The van der Waals surface area contributed by atoms with Gasteiger partial charge in [0.05, 0.1) is 18.2 Å². The summed E-state index contributed by atoms with van der Waals surface area (Å²) in [5, 5.41) is 11.4. The molecule has 18 heavy (non-hydrogen) atoms. The largest absolute Gasteiger partial charge is 0.391 e. The number of hydrogen-bond donors (Lipinski definition) is 1. The van der Waals surface area contributed by atoms with Crippen LogP contribution in [-0.2, 0) is 11.2 Å². The molecule has 3 rings (SSSR count). The number of hydrogen-bond acceptors (Lipinski definition) is 4. The lowest BCUT2D eigenvalue weighted by molar-refractivity contribution is -0.129. The van der Waals surface area contributed by atoms with Gasteiger partial charge in [-0.3, -0.25) is 9.20 Å². The highest BCUT2D eigenvalue weighted by atomic mass is 32.1. The van der Waals surface area contributed by atoms with Crippen molar-refractivity contribution in [3.8, 4) is 0 Å². The Morgan fingerprint density at radius 2 is 2.50 bits per heavy atom. The van der Waals surface area contributed by atoms with Crippen molar-refractivity contribution >= 4 is 22.2 Å². The van der Waals surface area contributed by atoms with Gasteiger partial charge in [0.2, 0.25) is 5.91 Å². The molecular formula is C12H15N3O2S. The molecule has 1 saturated heterocycles. The third kappa shape index (κ3) is 2.02. The number of nitrogens with zero attached hydrogens (tertiary/aromatic N) is 3. The number of β-amino-alcohol motifs (C(OH)–C–C–N with tert-alkyl or cyclic N) is 1. The summed E-state index contributed by atoms with van der Waals surface area (Å²) in [6, 6.07) is 0. The molecule has 0 radical (unpaired) electrons. The Labute approximate surface area is 109 Å². The second-order valence-corrected chi connectivity index (χ2v) is 5.56. The summed E-state index contributed by atoms with van der Waals surface area (Å²) in [4.78, 5) is 19.1. The maximum Gasteiger partial charge on any atom is 0.228 e. The first kappa shape index (κ1) is 11.7. The zero-order chi connectivity index (χ0) is 12.7. The number of thiazole rings is 1. The van der Waals surface area contributed by atoms with Gasteiger partial charge in [0, 0.05) is 30.4 Å². The molecule has 0 saturated carbocycles. The molecule has 1 fully saturated rings. The Morgan fingerprint density at radius 1 is 1.67 bits per heavy atom. The topological polar surface area (TPSA) is 57.8 Å². The van der Waals surface area contributed by atoms with Crippen LogP contribution in [0.2, 0.25) is 0 Å². The molecule has 3 heterocycles. The molecular weight excluding hydrogens is 250 g/mol. The highest BCUT2D eigenvalue weighted by molar-refractivity contribution is 7.15. The summed E-state index contributed by atoms with van der Waals surface area (Å²) >= 11 is 1.55. The van der Waals surface area contributed by atoms with Crippen molar-refractivity contribution in [1.29, 1.82) is 0 Å². The van der Waals surface area contributed by atoms with Gasteiger partial charge < -0.3 is 10.0 Å². The van der Waals surface area contributed by atoms with E-state index >= 15 is 0 Å². The van der Waals surface area contributed by atoms with Crippen LogP contribution >= 0.6 is 11.3 Å². The number of aryl methyl sites for hydroxylation is 1. The first-order valence-corrected chi connectivity index (χ1v) is 6.89. The number of carbonyl (C=O) groups is 1. The van der Waals surface area contributed by atoms with Crippen LogP contribution in [0.3, 0.4) is 0 Å². The lowest BCUT2D eigenvalue weighted by atomic mass is 10.3. The molecule has 2 aromatic rings. The Bertz CT molecular complexity index is 589. The molecule has 0 bridgehead atoms. The first-order chi connectivity index (χ1) is 8.63. The van der Waals surface area contributed by atoms with Gasteiger partial charge in [-0.15, -0.1) is 11.3 Å². The highest BCUT2D eigenvalue weighted by Gasteiger charge is 2.25. The molecule has 5 nitrogen and oxygen atoms in total. The highest BCUT2D eigenvalue weighted by Crippen LogP contribution is 2.18. The minimum atomic E-state index is -0.355. The van der Waals surface area contributed by atoms with Gasteiger partial charge in [-0.2, -0.15) is 0 Å². The SMILES string of the molecule is Cc1cn2c(CC(=O)N3CC[C@@H](O)C3)csc2n1. The number of carbonyl (C=O) groups excluding carboxylic acids is 1. The van der Waals surface area contributed by atoms with E-state index in [1.165, 1.54) is 0 Å². The van der Waals surface area contributed by atoms with E-state index in [1.807, 2.05) is 22.9 Å². The Morgan fingerprint density at radius 3 is 3.22 bits per heavy atom. The summed E-state index contributed by atoms with van der Waals surface area (Å²) < 4.78 is 1.98. The van der Waals surface area contributed by atoms with Crippen LogP contribution in [0.4, 0.5) is 0 Å².